The highest BCUT2D eigenvalue weighted by atomic mass is 16.2. The number of aromatic nitrogens is 2. The van der Waals surface area contributed by atoms with E-state index in [2.05, 4.69) is 18.9 Å². The van der Waals surface area contributed by atoms with Crippen LogP contribution < -0.4 is 10.6 Å². The quantitative estimate of drug-likeness (QED) is 0.762. The maximum atomic E-state index is 11.6. The average Bonchev–Trinajstić information content (AvgIpc) is 2.65. The fraction of sp³-hybridized carbons (Fsp3) is 0.636. The second-order valence-corrected chi connectivity index (χ2v) is 4.79. The molecule has 16 heavy (non-hydrogen) atoms. The predicted octanol–water partition coefficient (Wildman–Crippen LogP) is 0.602. The van der Waals surface area contributed by atoms with E-state index < -0.39 is 0 Å². The first-order chi connectivity index (χ1) is 7.50. The number of anilines is 1. The van der Waals surface area contributed by atoms with E-state index in [0.717, 1.165) is 12.2 Å². The fourth-order valence-corrected chi connectivity index (χ4v) is 1.96. The summed E-state index contributed by atoms with van der Waals surface area (Å²) in [4.78, 5) is 13.3. The second kappa shape index (κ2) is 3.90. The molecule has 1 aromatic heterocycles. The third-order valence-corrected chi connectivity index (χ3v) is 2.90. The standard InChI is InChI=1S/C11H18N4O/c1-7(2)5-14-6-9(4-13-14)15-8(3)10(12)11(15)16/h4,6-8,10H,5,12H2,1-3H3/t8-,10+/m0/s1. The third-order valence-electron chi connectivity index (χ3n) is 2.90. The molecule has 88 valence electrons. The van der Waals surface area contributed by atoms with Gasteiger partial charge in [-0.15, -0.1) is 0 Å². The van der Waals surface area contributed by atoms with Crippen LogP contribution in [0, 0.1) is 5.92 Å². The number of hydrogen-bond donors (Lipinski definition) is 1. The van der Waals surface area contributed by atoms with Gasteiger partial charge in [0, 0.05) is 12.7 Å². The number of nitrogens with two attached hydrogens (primary N) is 1. The number of nitrogens with zero attached hydrogens (tertiary/aromatic N) is 3. The van der Waals surface area contributed by atoms with Crippen LogP contribution in [-0.2, 0) is 11.3 Å². The molecule has 0 spiro atoms. The molecule has 2 atom stereocenters. The molecule has 0 radical (unpaired) electrons. The van der Waals surface area contributed by atoms with Crippen molar-refractivity contribution in [3.8, 4) is 0 Å². The SMILES string of the molecule is CC(C)Cn1cc(N2C(=O)[C@H](N)[C@@H]2C)cn1. The van der Waals surface area contributed by atoms with E-state index in [-0.39, 0.29) is 18.0 Å². The maximum absolute atomic E-state index is 11.6. The van der Waals surface area contributed by atoms with E-state index in [1.807, 2.05) is 17.8 Å². The Morgan fingerprint density at radius 3 is 2.81 bits per heavy atom. The van der Waals surface area contributed by atoms with Gasteiger partial charge < -0.3 is 10.6 Å². The first kappa shape index (κ1) is 11.1. The molecule has 1 aromatic rings. The summed E-state index contributed by atoms with van der Waals surface area (Å²) in [6, 6.07) is -0.280. The summed E-state index contributed by atoms with van der Waals surface area (Å²) in [6.07, 6.45) is 3.63. The van der Waals surface area contributed by atoms with Crippen molar-refractivity contribution < 1.29 is 4.79 Å². The van der Waals surface area contributed by atoms with Gasteiger partial charge in [0.1, 0.15) is 6.04 Å². The number of hydrogen-bond acceptors (Lipinski definition) is 3. The minimum absolute atomic E-state index is 0.0170. The van der Waals surface area contributed by atoms with Gasteiger partial charge in [0.2, 0.25) is 5.91 Å². The third kappa shape index (κ3) is 1.71. The first-order valence-corrected chi connectivity index (χ1v) is 5.62. The number of β-lactam (4-membered cyclic amide) rings is 1. The average molecular weight is 222 g/mol. The van der Waals surface area contributed by atoms with Crippen LogP contribution in [0.1, 0.15) is 20.8 Å². The van der Waals surface area contributed by atoms with E-state index in [1.54, 1.807) is 11.1 Å². The maximum Gasteiger partial charge on any atom is 0.246 e. The van der Waals surface area contributed by atoms with Crippen LogP contribution in [0.3, 0.4) is 0 Å². The zero-order chi connectivity index (χ0) is 11.9. The minimum Gasteiger partial charge on any atom is -0.318 e. The van der Waals surface area contributed by atoms with Crippen LogP contribution in [0.25, 0.3) is 0 Å². The monoisotopic (exact) mass is 222 g/mol. The molecule has 5 nitrogen and oxygen atoms in total. The zero-order valence-corrected chi connectivity index (χ0v) is 9.92. The van der Waals surface area contributed by atoms with Crippen molar-refractivity contribution >= 4 is 11.6 Å². The Labute approximate surface area is 95.2 Å². The summed E-state index contributed by atoms with van der Waals surface area (Å²) < 4.78 is 1.86. The van der Waals surface area contributed by atoms with Crippen molar-refractivity contribution in [3.63, 3.8) is 0 Å². The second-order valence-electron chi connectivity index (χ2n) is 4.79. The largest absolute Gasteiger partial charge is 0.318 e. The van der Waals surface area contributed by atoms with E-state index in [4.69, 9.17) is 5.73 Å². The van der Waals surface area contributed by atoms with Crippen LogP contribution in [0.4, 0.5) is 5.69 Å². The molecule has 5 heteroatoms. The Morgan fingerprint density at radius 1 is 1.56 bits per heavy atom. The summed E-state index contributed by atoms with van der Waals surface area (Å²) >= 11 is 0. The van der Waals surface area contributed by atoms with Gasteiger partial charge in [-0.2, -0.15) is 5.10 Å². The Kier molecular flexibility index (Phi) is 2.71. The number of carbonyl (C=O) groups excluding carboxylic acids is 1. The fourth-order valence-electron chi connectivity index (χ4n) is 1.96. The molecule has 0 saturated carbocycles. The molecule has 0 aromatic carbocycles. The molecular weight excluding hydrogens is 204 g/mol. The lowest BCUT2D eigenvalue weighted by atomic mass is 9.97. The predicted molar refractivity (Wildman–Crippen MR) is 62.0 cm³/mol. The first-order valence-electron chi connectivity index (χ1n) is 5.62. The summed E-state index contributed by atoms with van der Waals surface area (Å²) in [5, 5.41) is 4.24. The molecular formula is C11H18N4O. The highest BCUT2D eigenvalue weighted by molar-refractivity contribution is 6.05. The van der Waals surface area contributed by atoms with Gasteiger partial charge in [0.15, 0.2) is 0 Å². The molecule has 2 rings (SSSR count). The number of rotatable bonds is 3. The highest BCUT2D eigenvalue weighted by Gasteiger charge is 2.43. The topological polar surface area (TPSA) is 64.2 Å². The smallest absolute Gasteiger partial charge is 0.246 e. The molecule has 2 heterocycles. The van der Waals surface area contributed by atoms with Crippen LogP contribution in [0.5, 0.6) is 0 Å². The van der Waals surface area contributed by atoms with Gasteiger partial charge in [-0.05, 0) is 12.8 Å². The molecule has 0 bridgehead atoms. The molecule has 1 fully saturated rings. The molecule has 0 aliphatic carbocycles. The van der Waals surface area contributed by atoms with Crippen LogP contribution in [0.2, 0.25) is 0 Å². The Balaban J connectivity index is 2.11. The van der Waals surface area contributed by atoms with E-state index >= 15 is 0 Å². The van der Waals surface area contributed by atoms with Gasteiger partial charge in [0.05, 0.1) is 17.9 Å². The van der Waals surface area contributed by atoms with Crippen molar-refractivity contribution in [1.82, 2.24) is 9.78 Å². The van der Waals surface area contributed by atoms with Crippen molar-refractivity contribution in [2.45, 2.75) is 39.4 Å². The molecule has 0 unspecified atom stereocenters. The van der Waals surface area contributed by atoms with Gasteiger partial charge in [0.25, 0.3) is 0 Å². The summed E-state index contributed by atoms with van der Waals surface area (Å²) in [5.41, 5.74) is 6.51. The van der Waals surface area contributed by atoms with E-state index in [0.29, 0.717) is 5.92 Å². The normalized spacial score (nSPS) is 25.1. The molecule has 1 aliphatic rings. The Morgan fingerprint density at radius 2 is 2.25 bits per heavy atom. The highest BCUT2D eigenvalue weighted by Crippen LogP contribution is 2.26. The van der Waals surface area contributed by atoms with Gasteiger partial charge in [-0.3, -0.25) is 9.48 Å². The van der Waals surface area contributed by atoms with E-state index in [9.17, 15) is 4.79 Å². The van der Waals surface area contributed by atoms with E-state index in [1.165, 1.54) is 0 Å². The summed E-state index contributed by atoms with van der Waals surface area (Å²) in [5.74, 6) is 0.524. The Bertz CT molecular complexity index is 398. The van der Waals surface area contributed by atoms with Crippen LogP contribution >= 0.6 is 0 Å². The number of carbonyl (C=O) groups is 1. The lowest BCUT2D eigenvalue weighted by Gasteiger charge is -2.42. The van der Waals surface area contributed by atoms with Gasteiger partial charge in [-0.1, -0.05) is 13.8 Å². The zero-order valence-electron chi connectivity index (χ0n) is 9.92. The Hall–Kier alpha value is -1.36. The van der Waals surface area contributed by atoms with Crippen molar-refractivity contribution in [2.75, 3.05) is 4.90 Å². The lowest BCUT2D eigenvalue weighted by Crippen LogP contribution is -2.67. The van der Waals surface area contributed by atoms with Crippen LogP contribution in [0.15, 0.2) is 12.4 Å². The molecule has 1 saturated heterocycles. The number of amides is 1. The van der Waals surface area contributed by atoms with Crippen molar-refractivity contribution in [2.24, 2.45) is 11.7 Å². The van der Waals surface area contributed by atoms with Crippen LogP contribution in [-0.4, -0.2) is 27.8 Å². The van der Waals surface area contributed by atoms with Gasteiger partial charge >= 0.3 is 0 Å². The van der Waals surface area contributed by atoms with Crippen molar-refractivity contribution in [1.29, 1.82) is 0 Å². The minimum atomic E-state index is -0.353. The molecule has 1 aliphatic heterocycles. The lowest BCUT2D eigenvalue weighted by molar-refractivity contribution is -0.125. The summed E-state index contributed by atoms with van der Waals surface area (Å²) in [7, 11) is 0. The molecule has 2 N–H and O–H groups in total. The van der Waals surface area contributed by atoms with Gasteiger partial charge in [-0.25, -0.2) is 0 Å². The van der Waals surface area contributed by atoms with Crippen molar-refractivity contribution in [3.05, 3.63) is 12.4 Å². The summed E-state index contributed by atoms with van der Waals surface area (Å²) in [6.45, 7) is 7.08. The molecule has 1 amide bonds.